The van der Waals surface area contributed by atoms with E-state index < -0.39 is 0 Å². The van der Waals surface area contributed by atoms with Crippen LogP contribution in [0.2, 0.25) is 5.02 Å². The summed E-state index contributed by atoms with van der Waals surface area (Å²) in [7, 11) is 0. The summed E-state index contributed by atoms with van der Waals surface area (Å²) in [5.74, 6) is 0.431. The van der Waals surface area contributed by atoms with Crippen LogP contribution >= 0.6 is 34.7 Å². The van der Waals surface area contributed by atoms with Crippen molar-refractivity contribution in [2.45, 2.75) is 11.9 Å². The minimum atomic E-state index is 0.0926. The van der Waals surface area contributed by atoms with Crippen molar-refractivity contribution < 1.29 is 4.79 Å². The molecule has 0 radical (unpaired) electrons. The van der Waals surface area contributed by atoms with Gasteiger partial charge in [0.25, 0.3) is 0 Å². The number of rotatable bonds is 5. The van der Waals surface area contributed by atoms with E-state index in [0.29, 0.717) is 10.8 Å². The molecule has 3 nitrogen and oxygen atoms in total. The molecule has 0 amide bonds. The maximum absolute atomic E-state index is 12.5. The van der Waals surface area contributed by atoms with Crippen LogP contribution in [0.5, 0.6) is 0 Å². The molecule has 0 N–H and O–H groups in total. The maximum atomic E-state index is 12.5. The summed E-state index contributed by atoms with van der Waals surface area (Å²) in [4.78, 5) is 22.3. The molecule has 2 heterocycles. The lowest BCUT2D eigenvalue weighted by molar-refractivity contribution is 0.102. The summed E-state index contributed by atoms with van der Waals surface area (Å²) in [6.07, 6.45) is 1.56. The summed E-state index contributed by atoms with van der Waals surface area (Å²) >= 11 is 9.04. The van der Waals surface area contributed by atoms with Crippen molar-refractivity contribution >= 4 is 50.7 Å². The second-order valence-corrected chi connectivity index (χ2v) is 8.35. The van der Waals surface area contributed by atoms with Gasteiger partial charge in [-0.15, -0.1) is 11.3 Å². The molecule has 4 aromatic rings. The Hall–Kier alpha value is -2.21. The number of hydrogen-bond donors (Lipinski definition) is 0. The van der Waals surface area contributed by atoms with Gasteiger partial charge in [-0.2, -0.15) is 0 Å². The van der Waals surface area contributed by atoms with Gasteiger partial charge in [0.2, 0.25) is 0 Å². The first-order valence-electron chi connectivity index (χ1n) is 8.32. The molecule has 0 aliphatic rings. The SMILES string of the molecule is Cc1ccc(C(=O)CSc2ncnc3scc(-c4ccc(Cl)cc4)c23)cc1. The standard InChI is InChI=1S/C21H15ClN2OS2/c1-13-2-4-15(5-3-13)18(25)11-27-21-19-17(10-26-20(19)23-12-24-21)14-6-8-16(22)9-7-14/h2-10,12H,11H2,1H3. The third-order valence-corrected chi connectivity index (χ3v) is 6.33. The molecule has 0 bridgehead atoms. The van der Waals surface area contributed by atoms with E-state index in [4.69, 9.17) is 11.6 Å². The first-order chi connectivity index (χ1) is 13.1. The number of benzene rings is 2. The van der Waals surface area contributed by atoms with Gasteiger partial charge in [0.05, 0.1) is 11.1 Å². The van der Waals surface area contributed by atoms with E-state index in [9.17, 15) is 4.79 Å². The number of nitrogens with zero attached hydrogens (tertiary/aromatic N) is 2. The zero-order valence-electron chi connectivity index (χ0n) is 14.5. The average Bonchev–Trinajstić information content (AvgIpc) is 3.12. The summed E-state index contributed by atoms with van der Waals surface area (Å²) in [6, 6.07) is 15.4. The molecule has 27 heavy (non-hydrogen) atoms. The smallest absolute Gasteiger partial charge is 0.173 e. The Morgan fingerprint density at radius 3 is 2.56 bits per heavy atom. The van der Waals surface area contributed by atoms with E-state index in [-0.39, 0.29) is 5.78 Å². The summed E-state index contributed by atoms with van der Waals surface area (Å²) in [5, 5.41) is 4.60. The fourth-order valence-corrected chi connectivity index (χ4v) is 4.77. The monoisotopic (exact) mass is 410 g/mol. The van der Waals surface area contributed by atoms with Gasteiger partial charge in [-0.1, -0.05) is 65.3 Å². The van der Waals surface area contributed by atoms with Gasteiger partial charge in [-0.3, -0.25) is 4.79 Å². The quantitative estimate of drug-likeness (QED) is 0.220. The molecule has 134 valence electrons. The third-order valence-electron chi connectivity index (χ3n) is 4.20. The Bertz CT molecular complexity index is 1110. The van der Waals surface area contributed by atoms with Crippen LogP contribution in [0, 0.1) is 6.92 Å². The summed E-state index contributed by atoms with van der Waals surface area (Å²) < 4.78 is 0. The van der Waals surface area contributed by atoms with Gasteiger partial charge in [-0.25, -0.2) is 9.97 Å². The molecular formula is C21H15ClN2OS2. The molecule has 0 saturated heterocycles. The van der Waals surface area contributed by atoms with Crippen LogP contribution in [0.15, 0.2) is 65.3 Å². The van der Waals surface area contributed by atoms with Gasteiger partial charge >= 0.3 is 0 Å². The van der Waals surface area contributed by atoms with Gasteiger partial charge in [0, 0.05) is 21.5 Å². The second kappa shape index (κ2) is 7.80. The van der Waals surface area contributed by atoms with Crippen molar-refractivity contribution in [1.82, 2.24) is 9.97 Å². The van der Waals surface area contributed by atoms with E-state index >= 15 is 0 Å². The van der Waals surface area contributed by atoms with Crippen LogP contribution in [0.3, 0.4) is 0 Å². The molecule has 0 spiro atoms. The van der Waals surface area contributed by atoms with Gasteiger partial charge in [0.15, 0.2) is 5.78 Å². The largest absolute Gasteiger partial charge is 0.293 e. The molecule has 0 saturated carbocycles. The van der Waals surface area contributed by atoms with Crippen LogP contribution < -0.4 is 0 Å². The van der Waals surface area contributed by atoms with Gasteiger partial charge in [0.1, 0.15) is 16.2 Å². The molecule has 4 rings (SSSR count). The zero-order valence-corrected chi connectivity index (χ0v) is 16.9. The Morgan fingerprint density at radius 2 is 1.81 bits per heavy atom. The van der Waals surface area contributed by atoms with Crippen molar-refractivity contribution in [1.29, 1.82) is 0 Å². The predicted molar refractivity (Wildman–Crippen MR) is 114 cm³/mol. The lowest BCUT2D eigenvalue weighted by Gasteiger charge is -2.06. The Balaban J connectivity index is 1.64. The second-order valence-electron chi connectivity index (χ2n) is 6.09. The first kappa shape index (κ1) is 18.2. The molecule has 0 fully saturated rings. The molecule has 2 aromatic carbocycles. The number of thioether (sulfide) groups is 1. The van der Waals surface area contributed by atoms with E-state index in [1.807, 2.05) is 55.5 Å². The van der Waals surface area contributed by atoms with Crippen molar-refractivity contribution in [3.63, 3.8) is 0 Å². The molecule has 0 atom stereocenters. The summed E-state index contributed by atoms with van der Waals surface area (Å²) in [5.41, 5.74) is 3.99. The molecule has 6 heteroatoms. The number of Topliss-reactive ketones (excluding diaryl/α,β-unsaturated/α-hetero) is 1. The number of aryl methyl sites for hydroxylation is 1. The van der Waals surface area contributed by atoms with Crippen molar-refractivity contribution in [2.75, 3.05) is 5.75 Å². The molecular weight excluding hydrogens is 396 g/mol. The average molecular weight is 411 g/mol. The lowest BCUT2D eigenvalue weighted by Crippen LogP contribution is -2.02. The highest BCUT2D eigenvalue weighted by Crippen LogP contribution is 2.38. The highest BCUT2D eigenvalue weighted by molar-refractivity contribution is 8.00. The Kier molecular flexibility index (Phi) is 5.25. The number of ketones is 1. The number of halogens is 1. The van der Waals surface area contributed by atoms with Crippen molar-refractivity contribution in [3.05, 3.63) is 76.4 Å². The van der Waals surface area contributed by atoms with Crippen LogP contribution in [0.4, 0.5) is 0 Å². The van der Waals surface area contributed by atoms with Crippen molar-refractivity contribution in [3.8, 4) is 11.1 Å². The highest BCUT2D eigenvalue weighted by Gasteiger charge is 2.15. The number of carbonyl (C=O) groups is 1. The Morgan fingerprint density at radius 1 is 1.07 bits per heavy atom. The van der Waals surface area contributed by atoms with Crippen LogP contribution in [-0.2, 0) is 0 Å². The fraction of sp³-hybridized carbons (Fsp3) is 0.0952. The number of hydrogen-bond acceptors (Lipinski definition) is 5. The number of carbonyl (C=O) groups excluding carboxylic acids is 1. The molecule has 0 unspecified atom stereocenters. The van der Waals surface area contributed by atoms with E-state index in [2.05, 4.69) is 15.3 Å². The minimum absolute atomic E-state index is 0.0926. The first-order valence-corrected chi connectivity index (χ1v) is 10.6. The molecule has 0 aliphatic carbocycles. The molecule has 2 aromatic heterocycles. The number of fused-ring (bicyclic) bond motifs is 1. The van der Waals surface area contributed by atoms with Crippen molar-refractivity contribution in [2.24, 2.45) is 0 Å². The van der Waals surface area contributed by atoms with Crippen LogP contribution in [0.25, 0.3) is 21.3 Å². The minimum Gasteiger partial charge on any atom is -0.293 e. The summed E-state index contributed by atoms with van der Waals surface area (Å²) in [6.45, 7) is 2.01. The zero-order chi connectivity index (χ0) is 18.8. The van der Waals surface area contributed by atoms with Crippen LogP contribution in [-0.4, -0.2) is 21.5 Å². The predicted octanol–water partition coefficient (Wildman–Crippen LogP) is 6.30. The maximum Gasteiger partial charge on any atom is 0.173 e. The lowest BCUT2D eigenvalue weighted by atomic mass is 10.1. The highest BCUT2D eigenvalue weighted by atomic mass is 35.5. The van der Waals surface area contributed by atoms with Gasteiger partial charge in [-0.05, 0) is 24.6 Å². The van der Waals surface area contributed by atoms with Crippen LogP contribution in [0.1, 0.15) is 15.9 Å². The number of aromatic nitrogens is 2. The van der Waals surface area contributed by atoms with E-state index in [1.165, 1.54) is 11.8 Å². The fourth-order valence-electron chi connectivity index (χ4n) is 2.76. The Labute approximate surface area is 170 Å². The van der Waals surface area contributed by atoms with Gasteiger partial charge < -0.3 is 0 Å². The third kappa shape index (κ3) is 3.90. The van der Waals surface area contributed by atoms with E-state index in [1.54, 1.807) is 17.7 Å². The normalized spacial score (nSPS) is 11.0. The number of thiophene rings is 1. The molecule has 0 aliphatic heterocycles. The topological polar surface area (TPSA) is 42.9 Å². The van der Waals surface area contributed by atoms with E-state index in [0.717, 1.165) is 37.5 Å².